The van der Waals surface area contributed by atoms with Gasteiger partial charge in [0.15, 0.2) is 11.5 Å². The Labute approximate surface area is 109 Å². The Kier molecular flexibility index (Phi) is 5.24. The van der Waals surface area contributed by atoms with Crippen molar-refractivity contribution in [3.63, 3.8) is 0 Å². The van der Waals surface area contributed by atoms with Crippen LogP contribution in [0.4, 0.5) is 5.69 Å². The van der Waals surface area contributed by atoms with Crippen LogP contribution in [0.1, 0.15) is 6.92 Å². The number of nitro groups is 1. The summed E-state index contributed by atoms with van der Waals surface area (Å²) in [6.07, 6.45) is 0. The smallest absolute Gasteiger partial charge is 0.286 e. The number of hydrogen-bond acceptors (Lipinski definition) is 6. The number of rotatable bonds is 6. The molecule has 0 amide bonds. The van der Waals surface area contributed by atoms with Crippen molar-refractivity contribution in [2.75, 3.05) is 20.8 Å². The van der Waals surface area contributed by atoms with Crippen LogP contribution in [0.3, 0.4) is 0 Å². The molecule has 0 bridgehead atoms. The summed E-state index contributed by atoms with van der Waals surface area (Å²) in [4.78, 5) is 11.0. The predicted octanol–water partition coefficient (Wildman–Crippen LogP) is 2.08. The molecule has 0 aromatic heterocycles. The SMILES string of the molecule is COc1cc(SC(C)CO)c([N+](=O)[O-])cc1OC. The van der Waals surface area contributed by atoms with Crippen molar-refractivity contribution in [2.45, 2.75) is 17.1 Å². The van der Waals surface area contributed by atoms with Crippen LogP contribution in [0, 0.1) is 10.1 Å². The minimum Gasteiger partial charge on any atom is -0.493 e. The molecule has 0 radical (unpaired) electrons. The van der Waals surface area contributed by atoms with Crippen LogP contribution in [-0.2, 0) is 0 Å². The van der Waals surface area contributed by atoms with Crippen LogP contribution >= 0.6 is 11.8 Å². The van der Waals surface area contributed by atoms with Gasteiger partial charge in [-0.2, -0.15) is 0 Å². The molecule has 0 heterocycles. The summed E-state index contributed by atoms with van der Waals surface area (Å²) in [5, 5.41) is 19.9. The number of thioether (sulfide) groups is 1. The molecule has 1 atom stereocenters. The second-order valence-electron chi connectivity index (χ2n) is 3.54. The predicted molar refractivity (Wildman–Crippen MR) is 68.6 cm³/mol. The summed E-state index contributed by atoms with van der Waals surface area (Å²) in [5.74, 6) is 0.737. The molecule has 1 rings (SSSR count). The summed E-state index contributed by atoms with van der Waals surface area (Å²) in [6.45, 7) is 1.72. The second-order valence-corrected chi connectivity index (χ2v) is 5.02. The Morgan fingerprint density at radius 2 is 1.94 bits per heavy atom. The van der Waals surface area contributed by atoms with E-state index in [1.165, 1.54) is 32.0 Å². The van der Waals surface area contributed by atoms with Gasteiger partial charge in [0.2, 0.25) is 0 Å². The highest BCUT2D eigenvalue weighted by Gasteiger charge is 2.21. The highest BCUT2D eigenvalue weighted by Crippen LogP contribution is 2.40. The second kappa shape index (κ2) is 6.46. The molecule has 100 valence electrons. The fourth-order valence-electron chi connectivity index (χ4n) is 1.34. The Morgan fingerprint density at radius 1 is 1.39 bits per heavy atom. The van der Waals surface area contributed by atoms with Gasteiger partial charge in [-0.3, -0.25) is 10.1 Å². The van der Waals surface area contributed by atoms with E-state index in [4.69, 9.17) is 14.6 Å². The lowest BCUT2D eigenvalue weighted by atomic mass is 10.3. The van der Waals surface area contributed by atoms with Crippen molar-refractivity contribution in [1.82, 2.24) is 0 Å². The molecule has 0 spiro atoms. The maximum Gasteiger partial charge on any atom is 0.286 e. The molecule has 18 heavy (non-hydrogen) atoms. The van der Waals surface area contributed by atoms with E-state index in [2.05, 4.69) is 0 Å². The van der Waals surface area contributed by atoms with Crippen LogP contribution in [-0.4, -0.2) is 36.1 Å². The maximum atomic E-state index is 11.0. The van der Waals surface area contributed by atoms with E-state index in [9.17, 15) is 10.1 Å². The van der Waals surface area contributed by atoms with Gasteiger partial charge in [0.05, 0.1) is 36.7 Å². The number of aliphatic hydroxyl groups is 1. The number of nitro benzene ring substituents is 1. The Bertz CT molecular complexity index is 438. The first kappa shape index (κ1) is 14.6. The lowest BCUT2D eigenvalue weighted by Crippen LogP contribution is -2.03. The largest absolute Gasteiger partial charge is 0.493 e. The van der Waals surface area contributed by atoms with Crippen molar-refractivity contribution >= 4 is 17.4 Å². The average molecular weight is 273 g/mol. The molecule has 0 saturated heterocycles. The minimum absolute atomic E-state index is 0.0575. The zero-order valence-corrected chi connectivity index (χ0v) is 11.2. The number of methoxy groups -OCH3 is 2. The fourth-order valence-corrected chi connectivity index (χ4v) is 2.28. The zero-order valence-electron chi connectivity index (χ0n) is 10.4. The summed E-state index contributed by atoms with van der Waals surface area (Å²) in [5.41, 5.74) is -0.0575. The molecule has 1 N–H and O–H groups in total. The van der Waals surface area contributed by atoms with Gasteiger partial charge in [0.25, 0.3) is 5.69 Å². The molecule has 0 aliphatic heterocycles. The number of nitrogens with zero attached hydrogens (tertiary/aromatic N) is 1. The third-order valence-corrected chi connectivity index (χ3v) is 3.38. The number of benzene rings is 1. The molecule has 1 aromatic rings. The quantitative estimate of drug-likeness (QED) is 0.485. The van der Waals surface area contributed by atoms with E-state index >= 15 is 0 Å². The third-order valence-electron chi connectivity index (χ3n) is 2.25. The monoisotopic (exact) mass is 273 g/mol. The molecule has 6 nitrogen and oxygen atoms in total. The minimum atomic E-state index is -0.478. The Hall–Kier alpha value is -1.47. The van der Waals surface area contributed by atoms with Crippen LogP contribution in [0.5, 0.6) is 11.5 Å². The Morgan fingerprint density at radius 3 is 2.39 bits per heavy atom. The van der Waals surface area contributed by atoms with Crippen LogP contribution in [0.25, 0.3) is 0 Å². The maximum absolute atomic E-state index is 11.0. The molecule has 1 unspecified atom stereocenters. The van der Waals surface area contributed by atoms with E-state index in [1.807, 2.05) is 0 Å². The highest BCUT2D eigenvalue weighted by molar-refractivity contribution is 8.00. The highest BCUT2D eigenvalue weighted by atomic mass is 32.2. The topological polar surface area (TPSA) is 81.8 Å². The van der Waals surface area contributed by atoms with E-state index < -0.39 is 4.92 Å². The van der Waals surface area contributed by atoms with Gasteiger partial charge in [-0.25, -0.2) is 0 Å². The molecule has 1 aromatic carbocycles. The van der Waals surface area contributed by atoms with Crippen molar-refractivity contribution in [3.8, 4) is 11.5 Å². The van der Waals surface area contributed by atoms with Crippen molar-refractivity contribution < 1.29 is 19.5 Å². The van der Waals surface area contributed by atoms with Gasteiger partial charge >= 0.3 is 0 Å². The standard InChI is InChI=1S/C11H15NO5S/c1-7(6-13)18-11-5-10(17-3)9(16-2)4-8(11)12(14)15/h4-5,7,13H,6H2,1-3H3. The van der Waals surface area contributed by atoms with Gasteiger partial charge in [-0.05, 0) is 0 Å². The summed E-state index contributed by atoms with van der Waals surface area (Å²) >= 11 is 1.22. The molecule has 0 aliphatic carbocycles. The normalized spacial score (nSPS) is 12.0. The zero-order chi connectivity index (χ0) is 13.7. The van der Waals surface area contributed by atoms with E-state index in [1.54, 1.807) is 13.0 Å². The summed E-state index contributed by atoms with van der Waals surface area (Å²) in [6, 6.07) is 2.87. The number of aliphatic hydroxyl groups excluding tert-OH is 1. The molecule has 0 fully saturated rings. The van der Waals surface area contributed by atoms with Crippen molar-refractivity contribution in [1.29, 1.82) is 0 Å². The van der Waals surface area contributed by atoms with Crippen LogP contribution in [0.2, 0.25) is 0 Å². The summed E-state index contributed by atoms with van der Waals surface area (Å²) < 4.78 is 10.1. The molecular formula is C11H15NO5S. The first-order valence-corrected chi connectivity index (χ1v) is 6.09. The average Bonchev–Trinajstić information content (AvgIpc) is 2.37. The van der Waals surface area contributed by atoms with E-state index in [-0.39, 0.29) is 17.5 Å². The van der Waals surface area contributed by atoms with E-state index in [0.29, 0.717) is 16.4 Å². The Balaban J connectivity index is 3.24. The van der Waals surface area contributed by atoms with Crippen LogP contribution < -0.4 is 9.47 Å². The number of ether oxygens (including phenoxy) is 2. The van der Waals surface area contributed by atoms with Gasteiger partial charge in [0, 0.05) is 11.3 Å². The summed E-state index contributed by atoms with van der Waals surface area (Å²) in [7, 11) is 2.89. The van der Waals surface area contributed by atoms with Gasteiger partial charge in [0.1, 0.15) is 0 Å². The molecule has 7 heteroatoms. The van der Waals surface area contributed by atoms with E-state index in [0.717, 1.165) is 0 Å². The van der Waals surface area contributed by atoms with Gasteiger partial charge in [-0.1, -0.05) is 6.92 Å². The number of hydrogen-bond donors (Lipinski definition) is 1. The first-order valence-electron chi connectivity index (χ1n) is 5.21. The van der Waals surface area contributed by atoms with Gasteiger partial charge in [-0.15, -0.1) is 11.8 Å². The molecule has 0 aliphatic rings. The third kappa shape index (κ3) is 3.27. The van der Waals surface area contributed by atoms with Crippen molar-refractivity contribution in [3.05, 3.63) is 22.2 Å². The van der Waals surface area contributed by atoms with Crippen molar-refractivity contribution in [2.24, 2.45) is 0 Å². The lowest BCUT2D eigenvalue weighted by Gasteiger charge is -2.12. The van der Waals surface area contributed by atoms with Gasteiger partial charge < -0.3 is 14.6 Å². The fraction of sp³-hybridized carbons (Fsp3) is 0.455. The first-order chi connectivity index (χ1) is 8.53. The lowest BCUT2D eigenvalue weighted by molar-refractivity contribution is -0.387. The molecular weight excluding hydrogens is 258 g/mol. The van der Waals surface area contributed by atoms with Crippen LogP contribution in [0.15, 0.2) is 17.0 Å². The molecule has 0 saturated carbocycles.